The van der Waals surface area contributed by atoms with E-state index in [0.29, 0.717) is 5.52 Å². The molecule has 0 fully saturated rings. The molecule has 0 atom stereocenters. The lowest BCUT2D eigenvalue weighted by molar-refractivity contribution is 0.245. The van der Waals surface area contributed by atoms with Gasteiger partial charge < -0.3 is 5.32 Å². The molecule has 4 nitrogen and oxygen atoms in total. The molecule has 1 amide bonds. The number of fused-ring (bicyclic) bond motifs is 1. The summed E-state index contributed by atoms with van der Waals surface area (Å²) in [6.45, 7) is 0. The van der Waals surface area contributed by atoms with Gasteiger partial charge >= 0.3 is 10.9 Å². The molecule has 0 aliphatic rings. The fourth-order valence-electron chi connectivity index (χ4n) is 1.27. The second-order valence-electron chi connectivity index (χ2n) is 2.73. The van der Waals surface area contributed by atoms with Gasteiger partial charge in [0.05, 0.1) is 10.2 Å². The van der Waals surface area contributed by atoms with E-state index in [2.05, 4.69) is 5.32 Å². The fraction of sp³-hybridized carbons (Fsp3) is 0.111. The molecular formula is C9H8N2O2S. The van der Waals surface area contributed by atoms with Crippen LogP contribution < -0.4 is 10.2 Å². The molecule has 0 unspecified atom stereocenters. The Morgan fingerprint density at radius 3 is 2.86 bits per heavy atom. The molecule has 5 heteroatoms. The van der Waals surface area contributed by atoms with Crippen molar-refractivity contribution in [2.24, 2.45) is 0 Å². The quantitative estimate of drug-likeness (QED) is 0.708. The summed E-state index contributed by atoms with van der Waals surface area (Å²) in [6.07, 6.45) is 0. The van der Waals surface area contributed by atoms with Gasteiger partial charge in [0.2, 0.25) is 0 Å². The van der Waals surface area contributed by atoms with E-state index in [9.17, 15) is 9.59 Å². The summed E-state index contributed by atoms with van der Waals surface area (Å²) in [6, 6.07) is 6.82. The number of carbonyl (C=O) groups is 1. The van der Waals surface area contributed by atoms with Crippen molar-refractivity contribution < 1.29 is 4.79 Å². The SMILES string of the molecule is CNC(=O)n1c(=O)sc2ccccc21. The van der Waals surface area contributed by atoms with Gasteiger partial charge in [-0.05, 0) is 12.1 Å². The van der Waals surface area contributed by atoms with Gasteiger partial charge in [0.15, 0.2) is 0 Å². The summed E-state index contributed by atoms with van der Waals surface area (Å²) in [5.41, 5.74) is 0.654. The molecule has 72 valence electrons. The summed E-state index contributed by atoms with van der Waals surface area (Å²) in [5, 5.41) is 2.43. The number of hydrogen-bond donors (Lipinski definition) is 1. The van der Waals surface area contributed by atoms with E-state index >= 15 is 0 Å². The van der Waals surface area contributed by atoms with Crippen molar-refractivity contribution in [3.63, 3.8) is 0 Å². The van der Waals surface area contributed by atoms with Gasteiger partial charge in [-0.3, -0.25) is 4.79 Å². The number of thiazole rings is 1. The highest BCUT2D eigenvalue weighted by molar-refractivity contribution is 7.16. The van der Waals surface area contributed by atoms with Gasteiger partial charge in [0, 0.05) is 7.05 Å². The van der Waals surface area contributed by atoms with E-state index < -0.39 is 6.03 Å². The highest BCUT2D eigenvalue weighted by atomic mass is 32.1. The lowest BCUT2D eigenvalue weighted by atomic mass is 10.3. The number of amides is 1. The zero-order valence-electron chi connectivity index (χ0n) is 7.48. The molecule has 0 radical (unpaired) electrons. The van der Waals surface area contributed by atoms with Gasteiger partial charge in [-0.15, -0.1) is 0 Å². The standard InChI is InChI=1S/C9H8N2O2S/c1-10-8(12)11-6-4-2-3-5-7(6)14-9(11)13/h2-5H,1H3,(H,10,12). The molecule has 2 aromatic rings. The monoisotopic (exact) mass is 208 g/mol. The van der Waals surface area contributed by atoms with Crippen LogP contribution in [-0.4, -0.2) is 17.6 Å². The first-order valence-corrected chi connectivity index (χ1v) is 4.88. The van der Waals surface area contributed by atoms with Crippen LogP contribution in [0.1, 0.15) is 0 Å². The number of nitrogens with zero attached hydrogens (tertiary/aromatic N) is 1. The predicted octanol–water partition coefficient (Wildman–Crippen LogP) is 1.25. The van der Waals surface area contributed by atoms with Crippen LogP contribution >= 0.6 is 11.3 Å². The first-order valence-electron chi connectivity index (χ1n) is 4.06. The van der Waals surface area contributed by atoms with Crippen molar-refractivity contribution in [2.75, 3.05) is 7.05 Å². The van der Waals surface area contributed by atoms with E-state index in [0.717, 1.165) is 20.6 Å². The Balaban J connectivity index is 2.81. The van der Waals surface area contributed by atoms with Crippen molar-refractivity contribution in [3.05, 3.63) is 33.9 Å². The smallest absolute Gasteiger partial charge is 0.329 e. The fourth-order valence-corrected chi connectivity index (χ4v) is 2.14. The Hall–Kier alpha value is -1.62. The molecule has 0 spiro atoms. The maximum atomic E-state index is 11.5. The highest BCUT2D eigenvalue weighted by Crippen LogP contribution is 2.15. The van der Waals surface area contributed by atoms with Crippen LogP contribution in [0.2, 0.25) is 0 Å². The number of benzene rings is 1. The van der Waals surface area contributed by atoms with Gasteiger partial charge in [-0.1, -0.05) is 23.5 Å². The predicted molar refractivity (Wildman–Crippen MR) is 55.9 cm³/mol. The molecule has 1 heterocycles. The Bertz CT molecular complexity index is 541. The molecular weight excluding hydrogens is 200 g/mol. The van der Waals surface area contributed by atoms with E-state index in [-0.39, 0.29) is 4.87 Å². The number of para-hydroxylation sites is 1. The molecule has 0 bridgehead atoms. The van der Waals surface area contributed by atoms with Crippen molar-refractivity contribution in [2.45, 2.75) is 0 Å². The van der Waals surface area contributed by atoms with Crippen molar-refractivity contribution in [1.82, 2.24) is 9.88 Å². The van der Waals surface area contributed by atoms with Crippen LogP contribution in [0.4, 0.5) is 4.79 Å². The van der Waals surface area contributed by atoms with Crippen molar-refractivity contribution in [1.29, 1.82) is 0 Å². The summed E-state index contributed by atoms with van der Waals surface area (Å²) in [5.74, 6) is 0. The number of carbonyl (C=O) groups excluding carboxylic acids is 1. The number of rotatable bonds is 0. The normalized spacial score (nSPS) is 10.4. The largest absolute Gasteiger partial charge is 0.340 e. The summed E-state index contributed by atoms with van der Waals surface area (Å²) in [4.78, 5) is 22.6. The molecule has 14 heavy (non-hydrogen) atoms. The highest BCUT2D eigenvalue weighted by Gasteiger charge is 2.11. The summed E-state index contributed by atoms with van der Waals surface area (Å²) >= 11 is 1.07. The molecule has 0 saturated heterocycles. The molecule has 1 aromatic heterocycles. The topological polar surface area (TPSA) is 51.1 Å². The number of nitrogens with one attached hydrogen (secondary N) is 1. The zero-order chi connectivity index (χ0) is 10.1. The third-order valence-electron chi connectivity index (χ3n) is 1.90. The summed E-state index contributed by atoms with van der Waals surface area (Å²) < 4.78 is 1.96. The van der Waals surface area contributed by atoms with Crippen molar-refractivity contribution in [3.8, 4) is 0 Å². The van der Waals surface area contributed by atoms with E-state index in [4.69, 9.17) is 0 Å². The minimum absolute atomic E-state index is 0.259. The van der Waals surface area contributed by atoms with Crippen LogP contribution in [-0.2, 0) is 0 Å². The second-order valence-corrected chi connectivity index (χ2v) is 3.72. The lowest BCUT2D eigenvalue weighted by Gasteiger charge is -1.99. The van der Waals surface area contributed by atoms with Gasteiger partial charge in [0.25, 0.3) is 0 Å². The molecule has 0 aliphatic carbocycles. The van der Waals surface area contributed by atoms with Crippen LogP contribution in [0, 0.1) is 0 Å². The molecule has 0 aliphatic heterocycles. The maximum Gasteiger partial charge on any atom is 0.329 e. The van der Waals surface area contributed by atoms with Gasteiger partial charge in [-0.25, -0.2) is 9.36 Å². The van der Waals surface area contributed by atoms with Crippen LogP contribution in [0.3, 0.4) is 0 Å². The Kier molecular flexibility index (Phi) is 2.09. The summed E-state index contributed by atoms with van der Waals surface area (Å²) in [7, 11) is 1.50. The van der Waals surface area contributed by atoms with Gasteiger partial charge in [-0.2, -0.15) is 0 Å². The number of aromatic nitrogens is 1. The Morgan fingerprint density at radius 1 is 1.43 bits per heavy atom. The van der Waals surface area contributed by atoms with Gasteiger partial charge in [0.1, 0.15) is 0 Å². The van der Waals surface area contributed by atoms with E-state index in [1.165, 1.54) is 7.05 Å². The molecule has 0 saturated carbocycles. The minimum atomic E-state index is -0.396. The van der Waals surface area contributed by atoms with Crippen LogP contribution in [0.5, 0.6) is 0 Å². The van der Waals surface area contributed by atoms with Crippen LogP contribution in [0.15, 0.2) is 29.1 Å². The van der Waals surface area contributed by atoms with E-state index in [1.54, 1.807) is 12.1 Å². The maximum absolute atomic E-state index is 11.5. The molecule has 2 rings (SSSR count). The van der Waals surface area contributed by atoms with Crippen molar-refractivity contribution >= 4 is 27.6 Å². The second kappa shape index (κ2) is 3.26. The molecule has 1 aromatic carbocycles. The van der Waals surface area contributed by atoms with Crippen LogP contribution in [0.25, 0.3) is 10.2 Å². The first-order chi connectivity index (χ1) is 6.74. The number of hydrogen-bond acceptors (Lipinski definition) is 3. The Morgan fingerprint density at radius 2 is 2.14 bits per heavy atom. The third-order valence-corrected chi connectivity index (χ3v) is 2.83. The first kappa shape index (κ1) is 8.96. The average molecular weight is 208 g/mol. The van der Waals surface area contributed by atoms with E-state index in [1.807, 2.05) is 12.1 Å². The lowest BCUT2D eigenvalue weighted by Crippen LogP contribution is -2.30. The zero-order valence-corrected chi connectivity index (χ0v) is 8.30. The molecule has 1 N–H and O–H groups in total. The third kappa shape index (κ3) is 1.22. The minimum Gasteiger partial charge on any atom is -0.340 e. The average Bonchev–Trinajstić information content (AvgIpc) is 2.53. The Labute approximate surface area is 83.8 Å².